The molecular weight excluding hydrogens is 370 g/mol. The maximum Gasteiger partial charge on any atom is 0.238 e. The summed E-state index contributed by atoms with van der Waals surface area (Å²) in [7, 11) is 0. The molecule has 7 heteroatoms. The molecule has 2 aliphatic rings. The van der Waals surface area contributed by atoms with Crippen molar-refractivity contribution in [1.82, 2.24) is 10.6 Å². The summed E-state index contributed by atoms with van der Waals surface area (Å²) in [5.74, 6) is -0.294. The fourth-order valence-corrected chi connectivity index (χ4v) is 4.42. The Balaban J connectivity index is 1.35. The molecule has 4 rings (SSSR count). The summed E-state index contributed by atoms with van der Waals surface area (Å²) in [6, 6.07) is 11.6. The van der Waals surface area contributed by atoms with Gasteiger partial charge in [-0.15, -0.1) is 11.8 Å². The SMILES string of the molecule is O=C(CC1Sc2ccc(Cl)cc2NC1=O)NCc1ccc2c(c1)CNC2. The molecule has 2 amide bonds. The van der Waals surface area contributed by atoms with Gasteiger partial charge in [-0.3, -0.25) is 9.59 Å². The van der Waals surface area contributed by atoms with Crippen LogP contribution in [0, 0.1) is 0 Å². The Hall–Kier alpha value is -2.02. The highest BCUT2D eigenvalue weighted by atomic mass is 35.5. The van der Waals surface area contributed by atoms with Gasteiger partial charge in [-0.05, 0) is 34.9 Å². The molecule has 1 atom stereocenters. The second-order valence-corrected chi connectivity index (χ2v) is 8.10. The quantitative estimate of drug-likeness (QED) is 0.754. The molecule has 2 aromatic rings. The van der Waals surface area contributed by atoms with Crippen molar-refractivity contribution >= 4 is 40.9 Å². The lowest BCUT2D eigenvalue weighted by molar-refractivity contribution is -0.124. The number of hydrogen-bond acceptors (Lipinski definition) is 4. The number of thioether (sulfide) groups is 1. The minimum atomic E-state index is -0.437. The molecule has 0 radical (unpaired) electrons. The normalized spacial score (nSPS) is 18.0. The number of fused-ring (bicyclic) bond motifs is 2. The van der Waals surface area contributed by atoms with E-state index in [1.54, 1.807) is 12.1 Å². The molecule has 26 heavy (non-hydrogen) atoms. The first-order valence-electron chi connectivity index (χ1n) is 8.43. The number of nitrogens with one attached hydrogen (secondary N) is 3. The Labute approximate surface area is 160 Å². The summed E-state index contributed by atoms with van der Waals surface area (Å²) in [5.41, 5.74) is 4.38. The van der Waals surface area contributed by atoms with Crippen molar-refractivity contribution in [3.8, 4) is 0 Å². The van der Waals surface area contributed by atoms with Crippen molar-refractivity contribution in [2.45, 2.75) is 36.2 Å². The minimum Gasteiger partial charge on any atom is -0.352 e. The highest BCUT2D eigenvalue weighted by Gasteiger charge is 2.29. The first-order chi connectivity index (χ1) is 12.6. The Bertz CT molecular complexity index is 887. The second-order valence-electron chi connectivity index (χ2n) is 6.42. The molecule has 0 bridgehead atoms. The molecule has 2 aromatic carbocycles. The molecule has 2 heterocycles. The van der Waals surface area contributed by atoms with Crippen LogP contribution in [0.15, 0.2) is 41.3 Å². The minimum absolute atomic E-state index is 0.131. The Morgan fingerprint density at radius 1 is 1.19 bits per heavy atom. The van der Waals surface area contributed by atoms with Gasteiger partial charge in [0.25, 0.3) is 0 Å². The first-order valence-corrected chi connectivity index (χ1v) is 9.69. The zero-order valence-electron chi connectivity index (χ0n) is 14.0. The smallest absolute Gasteiger partial charge is 0.238 e. The molecule has 2 aliphatic heterocycles. The van der Waals surface area contributed by atoms with Gasteiger partial charge < -0.3 is 16.0 Å². The van der Waals surface area contributed by atoms with Crippen LogP contribution in [0.3, 0.4) is 0 Å². The zero-order chi connectivity index (χ0) is 18.1. The van der Waals surface area contributed by atoms with E-state index in [1.165, 1.54) is 22.9 Å². The second kappa shape index (κ2) is 7.31. The van der Waals surface area contributed by atoms with Crippen molar-refractivity contribution in [3.05, 3.63) is 58.1 Å². The largest absolute Gasteiger partial charge is 0.352 e. The third kappa shape index (κ3) is 3.72. The molecule has 3 N–H and O–H groups in total. The van der Waals surface area contributed by atoms with Gasteiger partial charge in [0.15, 0.2) is 0 Å². The third-order valence-corrected chi connectivity index (χ3v) is 6.03. The third-order valence-electron chi connectivity index (χ3n) is 4.52. The van der Waals surface area contributed by atoms with Crippen LogP contribution in [-0.4, -0.2) is 17.1 Å². The van der Waals surface area contributed by atoms with Gasteiger partial charge in [0.2, 0.25) is 11.8 Å². The zero-order valence-corrected chi connectivity index (χ0v) is 15.5. The maximum atomic E-state index is 12.3. The van der Waals surface area contributed by atoms with Crippen molar-refractivity contribution < 1.29 is 9.59 Å². The van der Waals surface area contributed by atoms with Crippen LogP contribution in [0.2, 0.25) is 5.02 Å². The average molecular weight is 388 g/mol. The van der Waals surface area contributed by atoms with Crippen molar-refractivity contribution in [3.63, 3.8) is 0 Å². The fourth-order valence-electron chi connectivity index (χ4n) is 3.16. The van der Waals surface area contributed by atoms with Crippen LogP contribution in [0.1, 0.15) is 23.1 Å². The van der Waals surface area contributed by atoms with E-state index in [9.17, 15) is 9.59 Å². The number of amides is 2. The van der Waals surface area contributed by atoms with Crippen molar-refractivity contribution in [1.29, 1.82) is 0 Å². The molecule has 5 nitrogen and oxygen atoms in total. The van der Waals surface area contributed by atoms with Gasteiger partial charge in [0.1, 0.15) is 0 Å². The maximum absolute atomic E-state index is 12.3. The van der Waals surface area contributed by atoms with Crippen molar-refractivity contribution in [2.24, 2.45) is 0 Å². The number of carbonyl (C=O) groups excluding carboxylic acids is 2. The molecular formula is C19H18ClN3O2S. The summed E-state index contributed by atoms with van der Waals surface area (Å²) in [5, 5.41) is 9.19. The van der Waals surface area contributed by atoms with Gasteiger partial charge in [-0.2, -0.15) is 0 Å². The molecule has 134 valence electrons. The lowest BCUT2D eigenvalue weighted by Crippen LogP contribution is -2.34. The predicted molar refractivity (Wildman–Crippen MR) is 103 cm³/mol. The first kappa shape index (κ1) is 17.4. The van der Waals surface area contributed by atoms with Gasteiger partial charge in [0, 0.05) is 36.0 Å². The lowest BCUT2D eigenvalue weighted by Gasteiger charge is -2.23. The number of halogens is 1. The number of hydrogen-bond donors (Lipinski definition) is 3. The van der Waals surface area contributed by atoms with Crippen LogP contribution in [0.5, 0.6) is 0 Å². The average Bonchev–Trinajstić information content (AvgIpc) is 3.08. The molecule has 0 saturated heterocycles. The van der Waals surface area contributed by atoms with Gasteiger partial charge in [-0.25, -0.2) is 0 Å². The molecule has 0 aliphatic carbocycles. The number of anilines is 1. The van der Waals surface area contributed by atoms with Crippen LogP contribution in [0.25, 0.3) is 0 Å². The lowest BCUT2D eigenvalue weighted by atomic mass is 10.1. The Kier molecular flexibility index (Phi) is 4.89. The molecule has 0 aromatic heterocycles. The van der Waals surface area contributed by atoms with Crippen LogP contribution >= 0.6 is 23.4 Å². The van der Waals surface area contributed by atoms with E-state index >= 15 is 0 Å². The topological polar surface area (TPSA) is 70.2 Å². The van der Waals surface area contributed by atoms with E-state index in [1.807, 2.05) is 12.1 Å². The predicted octanol–water partition coefficient (Wildman–Crippen LogP) is 3.06. The van der Waals surface area contributed by atoms with E-state index in [0.717, 1.165) is 23.5 Å². The molecule has 1 unspecified atom stereocenters. The van der Waals surface area contributed by atoms with Crippen LogP contribution < -0.4 is 16.0 Å². The van der Waals surface area contributed by atoms with E-state index in [0.29, 0.717) is 17.3 Å². The fraction of sp³-hybridized carbons (Fsp3) is 0.263. The van der Waals surface area contributed by atoms with Crippen LogP contribution in [-0.2, 0) is 29.2 Å². The molecule has 0 spiro atoms. The monoisotopic (exact) mass is 387 g/mol. The molecule has 0 fully saturated rings. The van der Waals surface area contributed by atoms with Gasteiger partial charge in [-0.1, -0.05) is 29.8 Å². The summed E-state index contributed by atoms with van der Waals surface area (Å²) in [6.07, 6.45) is 0.144. The Morgan fingerprint density at radius 3 is 2.92 bits per heavy atom. The summed E-state index contributed by atoms with van der Waals surface area (Å²) in [6.45, 7) is 2.25. The standard InChI is InChI=1S/C19H18ClN3O2S/c20-14-3-4-16-15(6-14)23-19(25)17(26-16)7-18(24)22-8-11-1-2-12-9-21-10-13(12)5-11/h1-6,17,21H,7-10H2,(H,22,24)(H,23,25). The molecule has 0 saturated carbocycles. The number of benzene rings is 2. The van der Waals surface area contributed by atoms with Crippen molar-refractivity contribution in [2.75, 3.05) is 5.32 Å². The summed E-state index contributed by atoms with van der Waals surface area (Å²) in [4.78, 5) is 25.5. The Morgan fingerprint density at radius 2 is 2.04 bits per heavy atom. The highest BCUT2D eigenvalue weighted by Crippen LogP contribution is 2.38. The van der Waals surface area contributed by atoms with E-state index in [4.69, 9.17) is 11.6 Å². The van der Waals surface area contributed by atoms with Gasteiger partial charge in [0.05, 0.1) is 10.9 Å². The summed E-state index contributed by atoms with van der Waals surface area (Å²) < 4.78 is 0. The van der Waals surface area contributed by atoms with Gasteiger partial charge >= 0.3 is 0 Å². The highest BCUT2D eigenvalue weighted by molar-refractivity contribution is 8.01. The van der Waals surface area contributed by atoms with E-state index in [-0.39, 0.29) is 18.2 Å². The summed E-state index contributed by atoms with van der Waals surface area (Å²) >= 11 is 7.35. The van der Waals surface area contributed by atoms with Crippen LogP contribution in [0.4, 0.5) is 5.69 Å². The number of carbonyl (C=O) groups is 2. The van der Waals surface area contributed by atoms with E-state index in [2.05, 4.69) is 28.1 Å². The number of rotatable bonds is 4. The van der Waals surface area contributed by atoms with E-state index < -0.39 is 5.25 Å².